The third kappa shape index (κ3) is 78.0. The van der Waals surface area contributed by atoms with E-state index in [2.05, 4.69) is 186 Å². The standard InChI is InChI=1S/C89H142O17P2/c1-5-9-13-17-21-25-29-33-36-39-41-44-47-51-54-58-62-66-70-74-87(92)100-80-85(106-89(94)76-72-68-64-60-56-52-48-45-42-40-37-34-30-26-22-18-14-10-6-2)82-104-108(97,98)102-78-83(90)77-101-107(95,96)103-81-84(105-88(93)75-71-67-63-59-55-49-32-28-24-20-16-12-8-4)79-99-86(91)73-69-65-61-57-53-50-46-43-38-35-31-27-23-19-15-11-7-3/h9-11,13-15,21-23,25-27,33-38,41-42,44-46,50-52,54,56,62,64,66,68,83-85,90H,5-8,12,16-20,24,28-32,39-40,43,47-49,53,55,57-61,63,65,67,69-82H2,1-4H3,(H,95,96)(H,97,98)/b13-9-,14-10-,15-11-,25-21-,26-22-,27-23-,36-33-,37-34-,38-35-,44-41-,45-42-,50-46-,54-51-,56-52-,66-62-,68-64-. The maximum absolute atomic E-state index is 13.1. The van der Waals surface area contributed by atoms with Gasteiger partial charge in [0.05, 0.1) is 26.4 Å². The number of hydrogen-bond donors (Lipinski definition) is 3. The molecular formula is C89H142O17P2. The molecule has 0 aliphatic heterocycles. The van der Waals surface area contributed by atoms with Crippen molar-refractivity contribution in [2.75, 3.05) is 39.6 Å². The second kappa shape index (κ2) is 79.0. The average Bonchev–Trinajstić information content (AvgIpc) is 0.892. The summed E-state index contributed by atoms with van der Waals surface area (Å²) in [5, 5.41) is 10.6. The molecule has 0 aliphatic carbocycles. The molecule has 5 unspecified atom stereocenters. The lowest BCUT2D eigenvalue weighted by Crippen LogP contribution is -2.30. The molecular weight excluding hydrogens is 1400 g/mol. The van der Waals surface area contributed by atoms with E-state index in [4.69, 9.17) is 37.0 Å². The van der Waals surface area contributed by atoms with Crippen molar-refractivity contribution in [1.29, 1.82) is 0 Å². The highest BCUT2D eigenvalue weighted by Crippen LogP contribution is 2.45. The summed E-state index contributed by atoms with van der Waals surface area (Å²) in [5.74, 6) is -2.41. The second-order valence-electron chi connectivity index (χ2n) is 26.2. The van der Waals surface area contributed by atoms with Gasteiger partial charge in [0.25, 0.3) is 0 Å². The molecule has 0 aromatic rings. The fourth-order valence-electron chi connectivity index (χ4n) is 10.0. The summed E-state index contributed by atoms with van der Waals surface area (Å²) < 4.78 is 68.5. The Labute approximate surface area is 653 Å². The van der Waals surface area contributed by atoms with E-state index < -0.39 is 97.5 Å². The maximum atomic E-state index is 13.1. The molecule has 0 saturated carbocycles. The van der Waals surface area contributed by atoms with Crippen molar-refractivity contribution in [1.82, 2.24) is 0 Å². The fourth-order valence-corrected chi connectivity index (χ4v) is 11.6. The Morgan fingerprint density at radius 3 is 0.815 bits per heavy atom. The SMILES string of the molecule is CC/C=C\C/C=C\C/C=C\C/C=C\C/C=C\C/C=C\CCC(=O)OCC(COP(=O)(O)OCC(O)COP(=O)(O)OCC(COC(=O)CCCCCC/C=C\C/C=C\C/C=C\C/C=C\CC)OC(=O)CCCCCCCCCCCCCCC)OC(=O)CC/C=C\C/C=C\C/C=C\C/C=C\C/C=C\C/C=C\CC. The van der Waals surface area contributed by atoms with Gasteiger partial charge in [0.15, 0.2) is 12.2 Å². The van der Waals surface area contributed by atoms with Gasteiger partial charge >= 0.3 is 39.5 Å². The van der Waals surface area contributed by atoms with Crippen molar-refractivity contribution in [2.45, 2.75) is 303 Å². The fraction of sp³-hybridized carbons (Fsp3) is 0.596. The lowest BCUT2D eigenvalue weighted by Gasteiger charge is -2.21. The highest BCUT2D eigenvalue weighted by atomic mass is 31.2. The number of hydrogen-bond acceptors (Lipinski definition) is 15. The Bertz CT molecular complexity index is 2810. The van der Waals surface area contributed by atoms with Gasteiger partial charge in [-0.2, -0.15) is 0 Å². The van der Waals surface area contributed by atoms with Crippen LogP contribution in [0.2, 0.25) is 0 Å². The Kier molecular flexibility index (Phi) is 74.5. The molecule has 0 heterocycles. The van der Waals surface area contributed by atoms with Gasteiger partial charge < -0.3 is 33.8 Å². The molecule has 610 valence electrons. The van der Waals surface area contributed by atoms with Crippen molar-refractivity contribution >= 4 is 39.5 Å². The zero-order valence-electron chi connectivity index (χ0n) is 66.7. The number of rotatable bonds is 74. The van der Waals surface area contributed by atoms with Crippen molar-refractivity contribution in [3.63, 3.8) is 0 Å². The maximum Gasteiger partial charge on any atom is 0.472 e. The molecule has 0 aromatic carbocycles. The van der Waals surface area contributed by atoms with Crippen molar-refractivity contribution in [2.24, 2.45) is 0 Å². The number of carbonyl (C=O) groups is 4. The predicted octanol–water partition coefficient (Wildman–Crippen LogP) is 24.1. The van der Waals surface area contributed by atoms with Crippen molar-refractivity contribution < 1.29 is 80.2 Å². The Balaban J connectivity index is 5.54. The molecule has 0 spiro atoms. The summed E-state index contributed by atoms with van der Waals surface area (Å²) in [7, 11) is -10.0. The molecule has 0 radical (unpaired) electrons. The molecule has 0 bridgehead atoms. The summed E-state index contributed by atoms with van der Waals surface area (Å²) in [6, 6.07) is 0. The Morgan fingerprint density at radius 1 is 0.269 bits per heavy atom. The van der Waals surface area contributed by atoms with Gasteiger partial charge in [-0.15, -0.1) is 0 Å². The molecule has 0 amide bonds. The summed E-state index contributed by atoms with van der Waals surface area (Å²) in [6.07, 6.45) is 97.2. The minimum atomic E-state index is -5.03. The third-order valence-corrected chi connectivity index (χ3v) is 18.0. The molecule has 5 atom stereocenters. The number of carbonyl (C=O) groups excluding carboxylic acids is 4. The van der Waals surface area contributed by atoms with Crippen LogP contribution in [0.1, 0.15) is 285 Å². The number of phosphoric ester groups is 2. The molecule has 3 N–H and O–H groups in total. The predicted molar refractivity (Wildman–Crippen MR) is 445 cm³/mol. The molecule has 0 aliphatic rings. The monoisotopic (exact) mass is 1540 g/mol. The highest BCUT2D eigenvalue weighted by molar-refractivity contribution is 7.47. The van der Waals surface area contributed by atoms with Crippen LogP contribution in [-0.2, 0) is 65.4 Å². The second-order valence-corrected chi connectivity index (χ2v) is 29.1. The van der Waals surface area contributed by atoms with Gasteiger partial charge in [-0.3, -0.25) is 37.3 Å². The molecule has 108 heavy (non-hydrogen) atoms. The molecule has 17 nitrogen and oxygen atoms in total. The first-order chi connectivity index (χ1) is 52.7. The van der Waals surface area contributed by atoms with Gasteiger partial charge in [0.2, 0.25) is 0 Å². The highest BCUT2D eigenvalue weighted by Gasteiger charge is 2.30. The topological polar surface area (TPSA) is 237 Å². The zero-order valence-corrected chi connectivity index (χ0v) is 68.5. The average molecular weight is 1550 g/mol. The van der Waals surface area contributed by atoms with E-state index in [0.717, 1.165) is 141 Å². The normalized spacial score (nSPS) is 14.8. The summed E-state index contributed by atoms with van der Waals surface area (Å²) in [4.78, 5) is 73.0. The van der Waals surface area contributed by atoms with E-state index in [-0.39, 0.29) is 25.7 Å². The first-order valence-electron chi connectivity index (χ1n) is 40.7. The van der Waals surface area contributed by atoms with Gasteiger partial charge in [0.1, 0.15) is 19.3 Å². The van der Waals surface area contributed by atoms with Crippen LogP contribution >= 0.6 is 15.6 Å². The number of ether oxygens (including phenoxy) is 4. The molecule has 0 saturated heterocycles. The van der Waals surface area contributed by atoms with Crippen LogP contribution in [0, 0.1) is 0 Å². The van der Waals surface area contributed by atoms with Crippen LogP contribution in [0.25, 0.3) is 0 Å². The van der Waals surface area contributed by atoms with Gasteiger partial charge in [-0.05, 0) is 141 Å². The van der Waals surface area contributed by atoms with E-state index >= 15 is 0 Å². The number of unbranched alkanes of at least 4 members (excludes halogenated alkanes) is 16. The molecule has 0 fully saturated rings. The van der Waals surface area contributed by atoms with Crippen LogP contribution in [0.15, 0.2) is 194 Å². The van der Waals surface area contributed by atoms with Crippen LogP contribution in [0.3, 0.4) is 0 Å². The van der Waals surface area contributed by atoms with E-state index in [0.29, 0.717) is 38.5 Å². The largest absolute Gasteiger partial charge is 0.472 e. The number of phosphoric acid groups is 2. The Hall–Kier alpha value is -6.10. The summed E-state index contributed by atoms with van der Waals surface area (Å²) in [5.41, 5.74) is 0. The first-order valence-corrected chi connectivity index (χ1v) is 43.7. The van der Waals surface area contributed by atoms with Crippen LogP contribution in [0.4, 0.5) is 0 Å². The van der Waals surface area contributed by atoms with E-state index in [1.807, 2.05) is 36.5 Å². The number of aliphatic hydroxyl groups is 1. The quantitative estimate of drug-likeness (QED) is 0.0169. The number of esters is 4. The summed E-state index contributed by atoms with van der Waals surface area (Å²) in [6.45, 7) is 4.32. The van der Waals surface area contributed by atoms with Crippen LogP contribution in [-0.4, -0.2) is 96.7 Å². The molecule has 19 heteroatoms. The van der Waals surface area contributed by atoms with Crippen molar-refractivity contribution in [3.8, 4) is 0 Å². The smallest absolute Gasteiger partial charge is 0.462 e. The van der Waals surface area contributed by atoms with Gasteiger partial charge in [-0.1, -0.05) is 312 Å². The minimum Gasteiger partial charge on any atom is -0.462 e. The van der Waals surface area contributed by atoms with E-state index in [1.54, 1.807) is 0 Å². The van der Waals surface area contributed by atoms with E-state index in [1.165, 1.54) is 51.4 Å². The molecule has 0 aromatic heterocycles. The first kappa shape index (κ1) is 102. The van der Waals surface area contributed by atoms with E-state index in [9.17, 15) is 43.2 Å². The van der Waals surface area contributed by atoms with Crippen molar-refractivity contribution in [3.05, 3.63) is 194 Å². The number of allylic oxidation sites excluding steroid dienone is 32. The lowest BCUT2D eigenvalue weighted by atomic mass is 10.0. The number of aliphatic hydroxyl groups excluding tert-OH is 1. The summed E-state index contributed by atoms with van der Waals surface area (Å²) >= 11 is 0. The van der Waals surface area contributed by atoms with Crippen LogP contribution in [0.5, 0.6) is 0 Å². The van der Waals surface area contributed by atoms with Crippen LogP contribution < -0.4 is 0 Å². The van der Waals surface area contributed by atoms with Gasteiger partial charge in [-0.25, -0.2) is 9.13 Å². The molecule has 0 rings (SSSR count). The zero-order chi connectivity index (χ0) is 78.9. The lowest BCUT2D eigenvalue weighted by molar-refractivity contribution is -0.161. The van der Waals surface area contributed by atoms with Gasteiger partial charge in [0, 0.05) is 25.7 Å². The minimum absolute atomic E-state index is 0.0123. The Morgan fingerprint density at radius 2 is 0.500 bits per heavy atom. The third-order valence-electron chi connectivity index (χ3n) is 16.1.